The Bertz CT molecular complexity index is 350. The van der Waals surface area contributed by atoms with Gasteiger partial charge in [-0.05, 0) is 30.9 Å². The lowest BCUT2D eigenvalue weighted by Crippen LogP contribution is -2.27. The zero-order valence-electron chi connectivity index (χ0n) is 10.2. The summed E-state index contributed by atoms with van der Waals surface area (Å²) in [6.45, 7) is 4.16. The lowest BCUT2D eigenvalue weighted by atomic mass is 9.96. The van der Waals surface area contributed by atoms with E-state index in [1.165, 1.54) is 6.07 Å². The van der Waals surface area contributed by atoms with Crippen LogP contribution in [0.2, 0.25) is 0 Å². The third-order valence-electron chi connectivity index (χ3n) is 2.79. The van der Waals surface area contributed by atoms with Crippen LogP contribution in [0, 0.1) is 11.7 Å². The van der Waals surface area contributed by atoms with E-state index in [2.05, 4.69) is 29.8 Å². The van der Waals surface area contributed by atoms with Gasteiger partial charge in [-0.15, -0.1) is 0 Å². The SMILES string of the molecule is CC(C)CC[C@H](O)[C@H](N)c1c(F)cccc1Br. The lowest BCUT2D eigenvalue weighted by molar-refractivity contribution is 0.126. The van der Waals surface area contributed by atoms with Gasteiger partial charge in [-0.3, -0.25) is 0 Å². The molecule has 0 saturated carbocycles. The van der Waals surface area contributed by atoms with E-state index in [9.17, 15) is 9.50 Å². The van der Waals surface area contributed by atoms with Crippen molar-refractivity contribution < 1.29 is 9.50 Å². The second kappa shape index (κ2) is 6.47. The van der Waals surface area contributed by atoms with Crippen molar-refractivity contribution in [2.24, 2.45) is 11.7 Å². The summed E-state index contributed by atoms with van der Waals surface area (Å²) in [6.07, 6.45) is 0.742. The molecule has 0 bridgehead atoms. The molecule has 96 valence electrons. The fraction of sp³-hybridized carbons (Fsp3) is 0.538. The Morgan fingerprint density at radius 2 is 2.00 bits per heavy atom. The molecule has 4 heteroatoms. The van der Waals surface area contributed by atoms with Crippen LogP contribution in [0.3, 0.4) is 0 Å². The van der Waals surface area contributed by atoms with Gasteiger partial charge in [-0.2, -0.15) is 0 Å². The molecule has 1 aromatic carbocycles. The molecule has 0 heterocycles. The van der Waals surface area contributed by atoms with E-state index in [4.69, 9.17) is 5.73 Å². The molecule has 0 amide bonds. The Kier molecular flexibility index (Phi) is 5.56. The largest absolute Gasteiger partial charge is 0.391 e. The van der Waals surface area contributed by atoms with Gasteiger partial charge in [0.2, 0.25) is 0 Å². The van der Waals surface area contributed by atoms with Gasteiger partial charge in [0.15, 0.2) is 0 Å². The van der Waals surface area contributed by atoms with Crippen molar-refractivity contribution in [3.05, 3.63) is 34.1 Å². The van der Waals surface area contributed by atoms with Crippen LogP contribution >= 0.6 is 15.9 Å². The first kappa shape index (κ1) is 14.6. The minimum Gasteiger partial charge on any atom is -0.391 e. The highest BCUT2D eigenvalue weighted by Gasteiger charge is 2.22. The number of hydrogen-bond acceptors (Lipinski definition) is 2. The van der Waals surface area contributed by atoms with Gasteiger partial charge in [0.25, 0.3) is 0 Å². The summed E-state index contributed by atoms with van der Waals surface area (Å²) in [5, 5.41) is 9.96. The Morgan fingerprint density at radius 3 is 2.53 bits per heavy atom. The third-order valence-corrected chi connectivity index (χ3v) is 3.48. The normalized spacial score (nSPS) is 15.0. The molecule has 0 radical (unpaired) electrons. The maximum atomic E-state index is 13.6. The van der Waals surface area contributed by atoms with Crippen molar-refractivity contribution in [2.45, 2.75) is 38.8 Å². The number of halogens is 2. The number of aliphatic hydroxyl groups is 1. The predicted molar refractivity (Wildman–Crippen MR) is 71.1 cm³/mol. The summed E-state index contributed by atoms with van der Waals surface area (Å²) in [5.74, 6) is 0.122. The molecular formula is C13H19BrFNO. The highest BCUT2D eigenvalue weighted by molar-refractivity contribution is 9.10. The van der Waals surface area contributed by atoms with Gasteiger partial charge in [-0.1, -0.05) is 35.8 Å². The standard InChI is InChI=1S/C13H19BrFNO/c1-8(2)6-7-11(17)13(16)12-9(14)4-3-5-10(12)15/h3-5,8,11,13,17H,6-7,16H2,1-2H3/t11-,13-/m0/s1. The van der Waals surface area contributed by atoms with Crippen molar-refractivity contribution in [3.8, 4) is 0 Å². The maximum Gasteiger partial charge on any atom is 0.129 e. The van der Waals surface area contributed by atoms with Crippen molar-refractivity contribution >= 4 is 15.9 Å². The first-order valence-corrected chi connectivity index (χ1v) is 6.60. The average molecular weight is 304 g/mol. The van der Waals surface area contributed by atoms with Crippen LogP contribution in [-0.2, 0) is 0 Å². The van der Waals surface area contributed by atoms with E-state index in [0.717, 1.165) is 6.42 Å². The molecule has 3 N–H and O–H groups in total. The minimum absolute atomic E-state index is 0.351. The number of rotatable bonds is 5. The van der Waals surface area contributed by atoms with Gasteiger partial charge in [0.1, 0.15) is 5.82 Å². The van der Waals surface area contributed by atoms with Gasteiger partial charge in [0.05, 0.1) is 12.1 Å². The van der Waals surface area contributed by atoms with E-state index in [0.29, 0.717) is 22.4 Å². The zero-order chi connectivity index (χ0) is 13.0. The van der Waals surface area contributed by atoms with E-state index in [1.807, 2.05) is 0 Å². The van der Waals surface area contributed by atoms with E-state index >= 15 is 0 Å². The Hall–Kier alpha value is -0.450. The molecule has 1 aromatic rings. The molecule has 0 fully saturated rings. The summed E-state index contributed by atoms with van der Waals surface area (Å²) in [5.41, 5.74) is 6.26. The highest BCUT2D eigenvalue weighted by Crippen LogP contribution is 2.28. The second-order valence-corrected chi connectivity index (χ2v) is 5.55. The molecule has 0 aliphatic heterocycles. The molecule has 17 heavy (non-hydrogen) atoms. The number of hydrogen-bond donors (Lipinski definition) is 2. The Labute approximate surface area is 110 Å². The molecule has 0 aliphatic carbocycles. The summed E-state index contributed by atoms with van der Waals surface area (Å²) in [4.78, 5) is 0. The smallest absolute Gasteiger partial charge is 0.129 e. The molecule has 0 aromatic heterocycles. The zero-order valence-corrected chi connectivity index (χ0v) is 11.7. The fourth-order valence-electron chi connectivity index (χ4n) is 1.71. The summed E-state index contributed by atoms with van der Waals surface area (Å²) >= 11 is 3.26. The topological polar surface area (TPSA) is 46.2 Å². The van der Waals surface area contributed by atoms with Gasteiger partial charge in [0, 0.05) is 10.0 Å². The van der Waals surface area contributed by atoms with Crippen molar-refractivity contribution in [1.82, 2.24) is 0 Å². The number of benzene rings is 1. The maximum absolute atomic E-state index is 13.6. The fourth-order valence-corrected chi connectivity index (χ4v) is 2.31. The average Bonchev–Trinajstić information content (AvgIpc) is 2.25. The van der Waals surface area contributed by atoms with Crippen LogP contribution in [-0.4, -0.2) is 11.2 Å². The second-order valence-electron chi connectivity index (χ2n) is 4.70. The third kappa shape index (κ3) is 4.05. The molecular weight excluding hydrogens is 285 g/mol. The summed E-state index contributed by atoms with van der Waals surface area (Å²) in [7, 11) is 0. The molecule has 2 nitrogen and oxygen atoms in total. The van der Waals surface area contributed by atoms with Crippen LogP contribution in [0.25, 0.3) is 0 Å². The molecule has 0 aliphatic rings. The van der Waals surface area contributed by atoms with Crippen LogP contribution in [0.1, 0.15) is 38.3 Å². The van der Waals surface area contributed by atoms with E-state index < -0.39 is 12.1 Å². The summed E-state index contributed by atoms with van der Waals surface area (Å²) < 4.78 is 14.2. The molecule has 0 unspecified atom stereocenters. The lowest BCUT2D eigenvalue weighted by Gasteiger charge is -2.21. The monoisotopic (exact) mass is 303 g/mol. The van der Waals surface area contributed by atoms with Crippen LogP contribution in [0.15, 0.2) is 22.7 Å². The van der Waals surface area contributed by atoms with Crippen molar-refractivity contribution in [2.75, 3.05) is 0 Å². The predicted octanol–water partition coefficient (Wildman–Crippen LogP) is 3.39. The number of aliphatic hydroxyl groups excluding tert-OH is 1. The number of nitrogens with two attached hydrogens (primary N) is 1. The Morgan fingerprint density at radius 1 is 1.35 bits per heavy atom. The molecule has 2 atom stereocenters. The van der Waals surface area contributed by atoms with Gasteiger partial charge >= 0.3 is 0 Å². The van der Waals surface area contributed by atoms with E-state index in [1.54, 1.807) is 12.1 Å². The highest BCUT2D eigenvalue weighted by atomic mass is 79.9. The van der Waals surface area contributed by atoms with Crippen LogP contribution < -0.4 is 5.73 Å². The molecule has 0 spiro atoms. The first-order chi connectivity index (χ1) is 7.93. The minimum atomic E-state index is -0.717. The Balaban J connectivity index is 2.78. The molecule has 0 saturated heterocycles. The van der Waals surface area contributed by atoms with Gasteiger partial charge < -0.3 is 10.8 Å². The van der Waals surface area contributed by atoms with Crippen LogP contribution in [0.4, 0.5) is 4.39 Å². The van der Waals surface area contributed by atoms with Crippen molar-refractivity contribution in [3.63, 3.8) is 0 Å². The van der Waals surface area contributed by atoms with E-state index in [-0.39, 0.29) is 5.82 Å². The summed E-state index contributed by atoms with van der Waals surface area (Å²) in [6, 6.07) is 4.00. The molecule has 1 rings (SSSR count). The van der Waals surface area contributed by atoms with Gasteiger partial charge in [-0.25, -0.2) is 4.39 Å². The first-order valence-electron chi connectivity index (χ1n) is 5.81. The van der Waals surface area contributed by atoms with Crippen LogP contribution in [0.5, 0.6) is 0 Å². The van der Waals surface area contributed by atoms with Crippen molar-refractivity contribution in [1.29, 1.82) is 0 Å². The quantitative estimate of drug-likeness (QED) is 0.876.